The van der Waals surface area contributed by atoms with E-state index in [4.69, 9.17) is 0 Å². The van der Waals surface area contributed by atoms with Crippen LogP contribution in [0.1, 0.15) is 43.7 Å². The largest absolute Gasteiger partial charge is 0.316 e. The van der Waals surface area contributed by atoms with Gasteiger partial charge in [0.1, 0.15) is 0 Å². The van der Waals surface area contributed by atoms with Gasteiger partial charge in [-0.25, -0.2) is 8.42 Å². The van der Waals surface area contributed by atoms with Gasteiger partial charge in [-0.1, -0.05) is 31.0 Å². The summed E-state index contributed by atoms with van der Waals surface area (Å²) in [5, 5.41) is 2.92. The van der Waals surface area contributed by atoms with Crippen molar-refractivity contribution < 1.29 is 8.42 Å². The normalized spacial score (nSPS) is 26.8. The highest BCUT2D eigenvalue weighted by atomic mass is 32.2. The number of aryl methyl sites for hydroxylation is 2. The Labute approximate surface area is 129 Å². The van der Waals surface area contributed by atoms with Gasteiger partial charge in [0.05, 0.1) is 10.1 Å². The van der Waals surface area contributed by atoms with Gasteiger partial charge in [-0.05, 0) is 57.7 Å². The predicted molar refractivity (Wildman–Crippen MR) is 87.4 cm³/mol. The van der Waals surface area contributed by atoms with Crippen LogP contribution in [0.25, 0.3) is 0 Å². The molecule has 0 amide bonds. The van der Waals surface area contributed by atoms with Gasteiger partial charge in [0.25, 0.3) is 0 Å². The predicted octanol–water partition coefficient (Wildman–Crippen LogP) is 3.24. The van der Waals surface area contributed by atoms with E-state index in [1.165, 1.54) is 0 Å². The summed E-state index contributed by atoms with van der Waals surface area (Å²) in [6, 6.07) is 5.71. The van der Waals surface area contributed by atoms with E-state index >= 15 is 0 Å². The lowest BCUT2D eigenvalue weighted by Gasteiger charge is -2.35. The first-order chi connectivity index (χ1) is 9.90. The van der Waals surface area contributed by atoms with Crippen LogP contribution in [0.5, 0.6) is 0 Å². The summed E-state index contributed by atoms with van der Waals surface area (Å²) in [6.45, 7) is 6.05. The summed E-state index contributed by atoms with van der Waals surface area (Å²) in [5.41, 5.74) is 1.97. The number of benzene rings is 1. The third-order valence-corrected chi connectivity index (χ3v) is 7.27. The van der Waals surface area contributed by atoms with E-state index in [1.54, 1.807) is 6.07 Å². The zero-order valence-corrected chi connectivity index (χ0v) is 14.3. The molecule has 0 aromatic heterocycles. The minimum absolute atomic E-state index is 0.0681. The fraction of sp³-hybridized carbons (Fsp3) is 0.647. The lowest BCUT2D eigenvalue weighted by Crippen LogP contribution is -2.46. The molecular formula is C17H27NO2S. The highest BCUT2D eigenvalue weighted by molar-refractivity contribution is 7.92. The van der Waals surface area contributed by atoms with Gasteiger partial charge in [-0.3, -0.25) is 0 Å². The molecule has 4 heteroatoms. The molecule has 3 unspecified atom stereocenters. The van der Waals surface area contributed by atoms with Crippen molar-refractivity contribution in [3.63, 3.8) is 0 Å². The maximum atomic E-state index is 13.1. The van der Waals surface area contributed by atoms with Gasteiger partial charge in [0.15, 0.2) is 9.84 Å². The van der Waals surface area contributed by atoms with Gasteiger partial charge in [-0.2, -0.15) is 0 Å². The van der Waals surface area contributed by atoms with Crippen molar-refractivity contribution in [2.75, 3.05) is 7.05 Å². The minimum atomic E-state index is -3.28. The van der Waals surface area contributed by atoms with E-state index < -0.39 is 9.84 Å². The van der Waals surface area contributed by atoms with E-state index in [1.807, 2.05) is 33.0 Å². The molecular weight excluding hydrogens is 282 g/mol. The number of nitrogens with one attached hydrogen (secondary N) is 1. The van der Waals surface area contributed by atoms with Crippen LogP contribution in [-0.2, 0) is 9.84 Å². The van der Waals surface area contributed by atoms with E-state index in [2.05, 4.69) is 12.2 Å². The average Bonchev–Trinajstić information content (AvgIpc) is 2.46. The van der Waals surface area contributed by atoms with E-state index in [0.29, 0.717) is 10.8 Å². The lowest BCUT2D eigenvalue weighted by molar-refractivity contribution is 0.296. The Morgan fingerprint density at radius 3 is 2.52 bits per heavy atom. The molecule has 0 bridgehead atoms. The number of hydrogen-bond donors (Lipinski definition) is 1. The van der Waals surface area contributed by atoms with Crippen molar-refractivity contribution in [3.8, 4) is 0 Å². The Hall–Kier alpha value is -0.870. The zero-order valence-electron chi connectivity index (χ0n) is 13.5. The Balaban J connectivity index is 2.40. The fourth-order valence-corrected chi connectivity index (χ4v) is 5.86. The van der Waals surface area contributed by atoms with Crippen molar-refractivity contribution in [1.29, 1.82) is 0 Å². The fourth-order valence-electron chi connectivity index (χ4n) is 3.54. The molecule has 1 aliphatic rings. The monoisotopic (exact) mass is 309 g/mol. The van der Waals surface area contributed by atoms with Crippen LogP contribution in [0, 0.1) is 19.8 Å². The average molecular weight is 309 g/mol. The highest BCUT2D eigenvalue weighted by Gasteiger charge is 2.39. The SMILES string of the molecule is CCC1CCC(NC)C(S(=O)(=O)c2ccc(C)cc2C)C1. The molecule has 1 N–H and O–H groups in total. The van der Waals surface area contributed by atoms with Gasteiger partial charge < -0.3 is 5.32 Å². The van der Waals surface area contributed by atoms with Crippen LogP contribution in [0.4, 0.5) is 0 Å². The quantitative estimate of drug-likeness (QED) is 0.928. The van der Waals surface area contributed by atoms with Crippen LogP contribution in [0.15, 0.2) is 23.1 Å². The molecule has 3 nitrogen and oxygen atoms in total. The molecule has 0 aliphatic heterocycles. The highest BCUT2D eigenvalue weighted by Crippen LogP contribution is 2.34. The number of sulfone groups is 1. The summed E-state index contributed by atoms with van der Waals surface area (Å²) in [5.74, 6) is 0.528. The van der Waals surface area contributed by atoms with Gasteiger partial charge in [-0.15, -0.1) is 0 Å². The summed E-state index contributed by atoms with van der Waals surface area (Å²) in [4.78, 5) is 0.509. The first-order valence-electron chi connectivity index (χ1n) is 7.88. The lowest BCUT2D eigenvalue weighted by atomic mass is 9.84. The molecule has 1 saturated carbocycles. The van der Waals surface area contributed by atoms with Gasteiger partial charge in [0.2, 0.25) is 0 Å². The molecule has 1 aromatic rings. The molecule has 1 aliphatic carbocycles. The first-order valence-corrected chi connectivity index (χ1v) is 9.43. The van der Waals surface area contributed by atoms with E-state index in [9.17, 15) is 8.42 Å². The standard InChI is InChI=1S/C17H27NO2S/c1-5-14-7-8-15(18-4)17(11-14)21(19,20)16-9-6-12(2)10-13(16)3/h6,9-10,14-15,17-18H,5,7-8,11H2,1-4H3. The molecule has 0 heterocycles. The van der Waals surface area contributed by atoms with E-state index in [0.717, 1.165) is 36.8 Å². The summed E-state index contributed by atoms with van der Waals surface area (Å²) >= 11 is 0. The van der Waals surface area contributed by atoms with Crippen molar-refractivity contribution >= 4 is 9.84 Å². The number of hydrogen-bond acceptors (Lipinski definition) is 3. The molecule has 1 aromatic carbocycles. The maximum absolute atomic E-state index is 13.1. The maximum Gasteiger partial charge on any atom is 0.183 e. The second-order valence-electron chi connectivity index (χ2n) is 6.33. The molecule has 0 spiro atoms. The van der Waals surface area contributed by atoms with Crippen LogP contribution in [0.2, 0.25) is 0 Å². The number of rotatable bonds is 4. The molecule has 2 rings (SSSR count). The van der Waals surface area contributed by atoms with Crippen molar-refractivity contribution in [2.24, 2.45) is 5.92 Å². The van der Waals surface area contributed by atoms with Crippen LogP contribution in [0.3, 0.4) is 0 Å². The van der Waals surface area contributed by atoms with Gasteiger partial charge >= 0.3 is 0 Å². The second-order valence-corrected chi connectivity index (χ2v) is 8.47. The Morgan fingerprint density at radius 1 is 1.24 bits per heavy atom. The molecule has 0 radical (unpaired) electrons. The smallest absolute Gasteiger partial charge is 0.183 e. The van der Waals surface area contributed by atoms with Crippen LogP contribution in [-0.4, -0.2) is 26.8 Å². The summed E-state index contributed by atoms with van der Waals surface area (Å²) in [7, 11) is -1.40. The Morgan fingerprint density at radius 2 is 1.95 bits per heavy atom. The minimum Gasteiger partial charge on any atom is -0.316 e. The molecule has 21 heavy (non-hydrogen) atoms. The first kappa shape index (κ1) is 16.5. The van der Waals surface area contributed by atoms with Crippen molar-refractivity contribution in [2.45, 2.75) is 62.6 Å². The van der Waals surface area contributed by atoms with Crippen molar-refractivity contribution in [3.05, 3.63) is 29.3 Å². The Kier molecular flexibility index (Phi) is 5.10. The summed E-state index contributed by atoms with van der Waals surface area (Å²) in [6.07, 6.45) is 3.91. The van der Waals surface area contributed by atoms with Crippen LogP contribution < -0.4 is 5.32 Å². The topological polar surface area (TPSA) is 46.2 Å². The zero-order chi connectivity index (χ0) is 15.6. The molecule has 3 atom stereocenters. The van der Waals surface area contributed by atoms with Gasteiger partial charge in [0, 0.05) is 6.04 Å². The second kappa shape index (κ2) is 6.49. The molecule has 1 fully saturated rings. The van der Waals surface area contributed by atoms with Crippen molar-refractivity contribution in [1.82, 2.24) is 5.32 Å². The third-order valence-electron chi connectivity index (χ3n) is 4.88. The third kappa shape index (κ3) is 3.32. The molecule has 0 saturated heterocycles. The summed E-state index contributed by atoms with van der Waals surface area (Å²) < 4.78 is 26.2. The van der Waals surface area contributed by atoms with Crippen LogP contribution >= 0.6 is 0 Å². The van der Waals surface area contributed by atoms with E-state index in [-0.39, 0.29) is 11.3 Å². The Bertz CT molecular complexity index is 595. The molecule has 118 valence electrons.